The molecule has 92 valence electrons. The predicted octanol–water partition coefficient (Wildman–Crippen LogP) is 0.427. The van der Waals surface area contributed by atoms with Crippen molar-refractivity contribution in [3.05, 3.63) is 24.4 Å². The first-order valence-corrected chi connectivity index (χ1v) is 5.50. The average Bonchev–Trinajstić information content (AvgIpc) is 2.86. The zero-order valence-electron chi connectivity index (χ0n) is 9.52. The predicted molar refractivity (Wildman–Crippen MR) is 62.1 cm³/mol. The number of rotatable bonds is 4. The van der Waals surface area contributed by atoms with E-state index in [1.165, 1.54) is 0 Å². The summed E-state index contributed by atoms with van der Waals surface area (Å²) in [5.74, 6) is 0.352. The van der Waals surface area contributed by atoms with E-state index in [9.17, 15) is 4.79 Å². The van der Waals surface area contributed by atoms with Crippen molar-refractivity contribution >= 4 is 11.8 Å². The molecule has 1 aromatic rings. The van der Waals surface area contributed by atoms with E-state index in [0.717, 1.165) is 13.1 Å². The Balaban J connectivity index is 1.99. The van der Waals surface area contributed by atoms with Gasteiger partial charge in [-0.25, -0.2) is 0 Å². The Morgan fingerprint density at radius 2 is 2.35 bits per heavy atom. The SMILES string of the molecule is C=CCNC(=O)c1cc(N2CCOCC2)on1. The highest BCUT2D eigenvalue weighted by atomic mass is 16.5. The number of nitrogens with one attached hydrogen (secondary N) is 1. The summed E-state index contributed by atoms with van der Waals surface area (Å²) >= 11 is 0. The Hall–Kier alpha value is -1.82. The first kappa shape index (κ1) is 11.7. The summed E-state index contributed by atoms with van der Waals surface area (Å²) < 4.78 is 10.4. The van der Waals surface area contributed by atoms with Crippen LogP contribution in [0.25, 0.3) is 0 Å². The van der Waals surface area contributed by atoms with Gasteiger partial charge in [0.05, 0.1) is 13.2 Å². The zero-order valence-corrected chi connectivity index (χ0v) is 9.52. The van der Waals surface area contributed by atoms with Gasteiger partial charge in [0.2, 0.25) is 5.88 Å². The molecule has 1 N–H and O–H groups in total. The van der Waals surface area contributed by atoms with Crippen LogP contribution in [0.3, 0.4) is 0 Å². The number of nitrogens with zero attached hydrogens (tertiary/aromatic N) is 2. The van der Waals surface area contributed by atoms with Crippen molar-refractivity contribution in [2.24, 2.45) is 0 Å². The van der Waals surface area contributed by atoms with Crippen LogP contribution in [0.5, 0.6) is 0 Å². The van der Waals surface area contributed by atoms with Crippen LogP contribution in [-0.2, 0) is 4.74 Å². The fourth-order valence-corrected chi connectivity index (χ4v) is 1.56. The van der Waals surface area contributed by atoms with Gasteiger partial charge in [0.1, 0.15) is 0 Å². The third-order valence-corrected chi connectivity index (χ3v) is 2.46. The van der Waals surface area contributed by atoms with Crippen LogP contribution in [0.2, 0.25) is 0 Å². The Morgan fingerprint density at radius 3 is 3.06 bits per heavy atom. The molecule has 17 heavy (non-hydrogen) atoms. The summed E-state index contributed by atoms with van der Waals surface area (Å²) in [4.78, 5) is 13.6. The second-order valence-electron chi connectivity index (χ2n) is 3.65. The van der Waals surface area contributed by atoms with Crippen molar-refractivity contribution in [3.8, 4) is 0 Å². The highest BCUT2D eigenvalue weighted by Gasteiger charge is 2.18. The molecule has 0 unspecified atom stereocenters. The number of amides is 1. The molecular weight excluding hydrogens is 222 g/mol. The van der Waals surface area contributed by atoms with Crippen molar-refractivity contribution in [3.63, 3.8) is 0 Å². The number of hydrogen-bond donors (Lipinski definition) is 1. The smallest absolute Gasteiger partial charge is 0.273 e. The maximum atomic E-state index is 11.6. The van der Waals surface area contributed by atoms with E-state index in [-0.39, 0.29) is 11.6 Å². The topological polar surface area (TPSA) is 67.6 Å². The minimum absolute atomic E-state index is 0.256. The second-order valence-corrected chi connectivity index (χ2v) is 3.65. The molecule has 6 nitrogen and oxygen atoms in total. The van der Waals surface area contributed by atoms with Crippen molar-refractivity contribution in [1.29, 1.82) is 0 Å². The van der Waals surface area contributed by atoms with Crippen LogP contribution in [0, 0.1) is 0 Å². The zero-order chi connectivity index (χ0) is 12.1. The molecule has 1 fully saturated rings. The molecule has 0 aliphatic carbocycles. The van der Waals surface area contributed by atoms with Crippen molar-refractivity contribution in [1.82, 2.24) is 10.5 Å². The fraction of sp³-hybridized carbons (Fsp3) is 0.455. The molecule has 1 aliphatic rings. The minimum Gasteiger partial charge on any atom is -0.378 e. The van der Waals surface area contributed by atoms with Crippen LogP contribution in [-0.4, -0.2) is 43.9 Å². The second kappa shape index (κ2) is 5.49. The van der Waals surface area contributed by atoms with Gasteiger partial charge in [0, 0.05) is 25.7 Å². The minimum atomic E-state index is -0.256. The van der Waals surface area contributed by atoms with Gasteiger partial charge >= 0.3 is 0 Å². The normalized spacial score (nSPS) is 15.6. The van der Waals surface area contributed by atoms with E-state index in [1.807, 2.05) is 4.90 Å². The quantitative estimate of drug-likeness (QED) is 0.769. The van der Waals surface area contributed by atoms with E-state index in [2.05, 4.69) is 17.1 Å². The molecule has 0 radical (unpaired) electrons. The summed E-state index contributed by atoms with van der Waals surface area (Å²) in [7, 11) is 0. The standard InChI is InChI=1S/C11H15N3O3/c1-2-3-12-11(15)9-8-10(17-13-9)14-4-6-16-7-5-14/h2,8H,1,3-7H2,(H,12,15). The number of aromatic nitrogens is 1. The van der Waals surface area contributed by atoms with Gasteiger partial charge in [-0.15, -0.1) is 6.58 Å². The number of anilines is 1. The number of carbonyl (C=O) groups excluding carboxylic acids is 1. The fourth-order valence-electron chi connectivity index (χ4n) is 1.56. The van der Waals surface area contributed by atoms with Crippen molar-refractivity contribution in [2.45, 2.75) is 0 Å². The lowest BCUT2D eigenvalue weighted by Crippen LogP contribution is -2.35. The van der Waals surface area contributed by atoms with Gasteiger partial charge in [-0.05, 0) is 0 Å². The summed E-state index contributed by atoms with van der Waals surface area (Å²) in [6.07, 6.45) is 1.61. The Morgan fingerprint density at radius 1 is 1.59 bits per heavy atom. The monoisotopic (exact) mass is 237 g/mol. The maximum Gasteiger partial charge on any atom is 0.273 e. The van der Waals surface area contributed by atoms with E-state index >= 15 is 0 Å². The van der Waals surface area contributed by atoms with Gasteiger partial charge in [0.15, 0.2) is 5.69 Å². The molecule has 1 saturated heterocycles. The third-order valence-electron chi connectivity index (χ3n) is 2.46. The maximum absolute atomic E-state index is 11.6. The molecule has 1 aromatic heterocycles. The third kappa shape index (κ3) is 2.85. The van der Waals surface area contributed by atoms with Gasteiger partial charge in [0.25, 0.3) is 5.91 Å². The number of hydrogen-bond acceptors (Lipinski definition) is 5. The highest BCUT2D eigenvalue weighted by molar-refractivity contribution is 5.92. The lowest BCUT2D eigenvalue weighted by Gasteiger charge is -2.25. The summed E-state index contributed by atoms with van der Waals surface area (Å²) in [6, 6.07) is 1.64. The van der Waals surface area contributed by atoms with Gasteiger partial charge in [-0.1, -0.05) is 11.2 Å². The average molecular weight is 237 g/mol. The summed E-state index contributed by atoms with van der Waals surface area (Å²) in [6.45, 7) is 6.78. The summed E-state index contributed by atoms with van der Waals surface area (Å²) in [5, 5.41) is 6.38. The molecule has 0 saturated carbocycles. The first-order chi connectivity index (χ1) is 8.31. The van der Waals surface area contributed by atoms with E-state index in [4.69, 9.17) is 9.26 Å². The van der Waals surface area contributed by atoms with Crippen LogP contribution in [0.1, 0.15) is 10.5 Å². The molecule has 6 heteroatoms. The van der Waals surface area contributed by atoms with Crippen molar-refractivity contribution < 1.29 is 14.1 Å². The van der Waals surface area contributed by atoms with Crippen LogP contribution < -0.4 is 10.2 Å². The lowest BCUT2D eigenvalue weighted by molar-refractivity contribution is 0.0948. The van der Waals surface area contributed by atoms with Gasteiger partial charge in [-0.3, -0.25) is 4.79 Å². The summed E-state index contributed by atoms with van der Waals surface area (Å²) in [5.41, 5.74) is 0.286. The number of ether oxygens (including phenoxy) is 1. The van der Waals surface area contributed by atoms with Crippen molar-refractivity contribution in [2.75, 3.05) is 37.7 Å². The van der Waals surface area contributed by atoms with Crippen LogP contribution in [0.4, 0.5) is 5.88 Å². The van der Waals surface area contributed by atoms with Crippen LogP contribution in [0.15, 0.2) is 23.2 Å². The van der Waals surface area contributed by atoms with Gasteiger partial charge < -0.3 is 19.5 Å². The molecule has 0 bridgehead atoms. The largest absolute Gasteiger partial charge is 0.378 e. The molecular formula is C11H15N3O3. The lowest BCUT2D eigenvalue weighted by atomic mass is 10.3. The molecule has 2 rings (SSSR count). The van der Waals surface area contributed by atoms with E-state index < -0.39 is 0 Å². The molecule has 1 amide bonds. The Labute approximate surface area is 99.2 Å². The molecule has 2 heterocycles. The number of morpholine rings is 1. The highest BCUT2D eigenvalue weighted by Crippen LogP contribution is 2.16. The molecule has 0 aromatic carbocycles. The first-order valence-electron chi connectivity index (χ1n) is 5.50. The van der Waals surface area contributed by atoms with E-state index in [1.54, 1.807) is 12.1 Å². The molecule has 1 aliphatic heterocycles. The number of carbonyl (C=O) groups is 1. The van der Waals surface area contributed by atoms with Gasteiger partial charge in [-0.2, -0.15) is 0 Å². The Bertz CT molecular complexity index is 396. The van der Waals surface area contributed by atoms with E-state index in [0.29, 0.717) is 25.6 Å². The Kier molecular flexibility index (Phi) is 3.77. The molecule has 0 atom stereocenters. The van der Waals surface area contributed by atoms with Crippen LogP contribution >= 0.6 is 0 Å². The molecule has 0 spiro atoms.